The number of unbranched alkanes of at least 4 members (excludes halogenated alkanes) is 1. The predicted octanol–water partition coefficient (Wildman–Crippen LogP) is 6.07. The molecule has 0 aromatic rings. The van der Waals surface area contributed by atoms with E-state index < -0.39 is 5.92 Å². The molecule has 0 bridgehead atoms. The van der Waals surface area contributed by atoms with E-state index in [1.54, 1.807) is 14.0 Å². The molecule has 0 N–H and O–H groups in total. The fourth-order valence-corrected chi connectivity index (χ4v) is 2.25. The first-order valence-corrected chi connectivity index (χ1v) is 7.82. The van der Waals surface area contributed by atoms with Gasteiger partial charge in [-0.05, 0) is 31.1 Å². The van der Waals surface area contributed by atoms with Crippen LogP contribution in [0.4, 0.5) is 8.78 Å². The minimum absolute atomic E-state index is 0.0278. The Kier molecular flexibility index (Phi) is 12.9. The Morgan fingerprint density at radius 2 is 1.32 bits per heavy atom. The maximum atomic E-state index is 13.1. The van der Waals surface area contributed by atoms with Gasteiger partial charge >= 0.3 is 0 Å². The van der Waals surface area contributed by atoms with E-state index in [1.807, 2.05) is 13.8 Å². The molecule has 0 unspecified atom stereocenters. The van der Waals surface area contributed by atoms with Crippen LogP contribution in [0.25, 0.3) is 0 Å². The van der Waals surface area contributed by atoms with Crippen LogP contribution >= 0.6 is 0 Å². The molecule has 0 amide bonds. The SMILES string of the molecule is CC.CCC(F)(F)CCCCC(CC)(CC)COC. The Morgan fingerprint density at radius 1 is 0.842 bits per heavy atom. The summed E-state index contributed by atoms with van der Waals surface area (Å²) in [4.78, 5) is 0. The minimum Gasteiger partial charge on any atom is -0.384 e. The molecule has 0 rings (SSSR count). The van der Waals surface area contributed by atoms with Crippen molar-refractivity contribution in [3.05, 3.63) is 0 Å². The van der Waals surface area contributed by atoms with Gasteiger partial charge in [0.15, 0.2) is 0 Å². The molecule has 19 heavy (non-hydrogen) atoms. The van der Waals surface area contributed by atoms with Crippen LogP contribution in [-0.4, -0.2) is 19.6 Å². The number of alkyl halides is 2. The molecule has 0 aliphatic heterocycles. The molecule has 0 heterocycles. The third-order valence-electron chi connectivity index (χ3n) is 3.97. The van der Waals surface area contributed by atoms with Crippen molar-refractivity contribution >= 4 is 0 Å². The minimum atomic E-state index is -2.47. The molecule has 118 valence electrons. The number of methoxy groups -OCH3 is 1. The Balaban J connectivity index is 0. The van der Waals surface area contributed by atoms with E-state index in [0.717, 1.165) is 32.3 Å². The molecule has 0 fully saturated rings. The van der Waals surface area contributed by atoms with E-state index in [4.69, 9.17) is 4.74 Å². The third-order valence-corrected chi connectivity index (χ3v) is 3.97. The van der Waals surface area contributed by atoms with Crippen molar-refractivity contribution < 1.29 is 13.5 Å². The van der Waals surface area contributed by atoms with Gasteiger partial charge in [-0.15, -0.1) is 0 Å². The molecule has 0 aliphatic carbocycles. The van der Waals surface area contributed by atoms with Gasteiger partial charge in [0.05, 0.1) is 6.61 Å². The molecule has 0 spiro atoms. The predicted molar refractivity (Wildman–Crippen MR) is 79.9 cm³/mol. The first kappa shape index (κ1) is 21.1. The second-order valence-electron chi connectivity index (χ2n) is 5.06. The molecule has 0 radical (unpaired) electrons. The number of halogens is 2. The van der Waals surface area contributed by atoms with Gasteiger partial charge in [-0.2, -0.15) is 0 Å². The Labute approximate surface area is 119 Å². The van der Waals surface area contributed by atoms with Crippen molar-refractivity contribution in [2.24, 2.45) is 5.41 Å². The van der Waals surface area contributed by atoms with E-state index in [-0.39, 0.29) is 18.3 Å². The highest BCUT2D eigenvalue weighted by atomic mass is 19.3. The van der Waals surface area contributed by atoms with Crippen molar-refractivity contribution in [3.63, 3.8) is 0 Å². The molecule has 0 aromatic carbocycles. The lowest BCUT2D eigenvalue weighted by molar-refractivity contribution is -0.0153. The highest BCUT2D eigenvalue weighted by molar-refractivity contribution is 4.76. The Bertz CT molecular complexity index is 189. The lowest BCUT2D eigenvalue weighted by Crippen LogP contribution is -2.25. The summed E-state index contributed by atoms with van der Waals surface area (Å²) in [6.07, 6.45) is 4.58. The Hall–Kier alpha value is -0.180. The van der Waals surface area contributed by atoms with Crippen LogP contribution in [0.2, 0.25) is 0 Å². The third kappa shape index (κ3) is 9.37. The summed E-state index contributed by atoms with van der Waals surface area (Å²) in [6.45, 7) is 10.6. The molecular formula is C16H34F2O. The summed E-state index contributed by atoms with van der Waals surface area (Å²) < 4.78 is 31.4. The van der Waals surface area contributed by atoms with Crippen molar-refractivity contribution in [2.75, 3.05) is 13.7 Å². The summed E-state index contributed by atoms with van der Waals surface area (Å²) in [6, 6.07) is 0. The number of rotatable bonds is 10. The number of ether oxygens (including phenoxy) is 1. The van der Waals surface area contributed by atoms with Crippen LogP contribution in [0.5, 0.6) is 0 Å². The van der Waals surface area contributed by atoms with Gasteiger partial charge in [0.1, 0.15) is 0 Å². The zero-order chi connectivity index (χ0) is 15.4. The van der Waals surface area contributed by atoms with E-state index in [0.29, 0.717) is 6.42 Å². The van der Waals surface area contributed by atoms with Gasteiger partial charge < -0.3 is 4.74 Å². The molecule has 0 aromatic heterocycles. The smallest absolute Gasteiger partial charge is 0.247 e. The topological polar surface area (TPSA) is 9.23 Å². The quantitative estimate of drug-likeness (QED) is 0.441. The van der Waals surface area contributed by atoms with E-state index in [2.05, 4.69) is 13.8 Å². The maximum Gasteiger partial charge on any atom is 0.247 e. The van der Waals surface area contributed by atoms with Gasteiger partial charge in [-0.1, -0.05) is 41.0 Å². The van der Waals surface area contributed by atoms with Crippen LogP contribution < -0.4 is 0 Å². The normalized spacial score (nSPS) is 12.0. The van der Waals surface area contributed by atoms with Crippen LogP contribution in [0, 0.1) is 5.41 Å². The van der Waals surface area contributed by atoms with E-state index >= 15 is 0 Å². The molecule has 0 saturated carbocycles. The van der Waals surface area contributed by atoms with Crippen LogP contribution in [0.3, 0.4) is 0 Å². The summed E-state index contributed by atoms with van der Waals surface area (Å²) >= 11 is 0. The Morgan fingerprint density at radius 3 is 1.68 bits per heavy atom. The second kappa shape index (κ2) is 11.6. The van der Waals surface area contributed by atoms with E-state index in [9.17, 15) is 8.78 Å². The highest BCUT2D eigenvalue weighted by Crippen LogP contribution is 2.34. The summed E-state index contributed by atoms with van der Waals surface area (Å²) in [5.74, 6) is -2.47. The van der Waals surface area contributed by atoms with Gasteiger partial charge in [0.2, 0.25) is 5.92 Å². The lowest BCUT2D eigenvalue weighted by Gasteiger charge is -2.31. The first-order valence-electron chi connectivity index (χ1n) is 7.82. The summed E-state index contributed by atoms with van der Waals surface area (Å²) in [7, 11) is 1.71. The van der Waals surface area contributed by atoms with E-state index in [1.165, 1.54) is 0 Å². The fourth-order valence-electron chi connectivity index (χ4n) is 2.25. The molecule has 0 saturated heterocycles. The first-order chi connectivity index (χ1) is 8.95. The molecule has 3 heteroatoms. The molecular weight excluding hydrogens is 246 g/mol. The molecule has 0 aliphatic rings. The van der Waals surface area contributed by atoms with Crippen LogP contribution in [-0.2, 0) is 4.74 Å². The van der Waals surface area contributed by atoms with Crippen LogP contribution in [0.1, 0.15) is 79.6 Å². The van der Waals surface area contributed by atoms with Crippen LogP contribution in [0.15, 0.2) is 0 Å². The number of hydrogen-bond donors (Lipinski definition) is 0. The maximum absolute atomic E-state index is 13.1. The van der Waals surface area contributed by atoms with Gasteiger partial charge in [-0.25, -0.2) is 8.78 Å². The monoisotopic (exact) mass is 280 g/mol. The molecule has 1 nitrogen and oxygen atoms in total. The lowest BCUT2D eigenvalue weighted by atomic mass is 9.78. The molecule has 0 atom stereocenters. The largest absolute Gasteiger partial charge is 0.384 e. The average Bonchev–Trinajstić information content (AvgIpc) is 2.44. The second-order valence-corrected chi connectivity index (χ2v) is 5.06. The van der Waals surface area contributed by atoms with Gasteiger partial charge in [0, 0.05) is 20.0 Å². The fraction of sp³-hybridized carbons (Fsp3) is 1.00. The van der Waals surface area contributed by atoms with Gasteiger partial charge in [-0.3, -0.25) is 0 Å². The van der Waals surface area contributed by atoms with Crippen molar-refractivity contribution in [3.8, 4) is 0 Å². The zero-order valence-corrected chi connectivity index (χ0v) is 13.8. The standard InChI is InChI=1S/C14H28F2O.C2H6/c1-5-13(6-2,12-17-4)10-8-9-11-14(15,16)7-3;1-2/h5-12H2,1-4H3;1-2H3. The van der Waals surface area contributed by atoms with Gasteiger partial charge in [0.25, 0.3) is 0 Å². The highest BCUT2D eigenvalue weighted by Gasteiger charge is 2.28. The summed E-state index contributed by atoms with van der Waals surface area (Å²) in [5.41, 5.74) is 0.191. The van der Waals surface area contributed by atoms with Crippen molar-refractivity contribution in [2.45, 2.75) is 85.5 Å². The van der Waals surface area contributed by atoms with Crippen molar-refractivity contribution in [1.82, 2.24) is 0 Å². The average molecular weight is 280 g/mol. The number of hydrogen-bond acceptors (Lipinski definition) is 1. The zero-order valence-electron chi connectivity index (χ0n) is 13.8. The van der Waals surface area contributed by atoms with Crippen molar-refractivity contribution in [1.29, 1.82) is 0 Å². The summed E-state index contributed by atoms with van der Waals surface area (Å²) in [5, 5.41) is 0.